The number of halogens is 2. The highest BCUT2D eigenvalue weighted by molar-refractivity contribution is 6.35. The zero-order valence-corrected chi connectivity index (χ0v) is 8.69. The fraction of sp³-hybridized carbons (Fsp3) is 0.182. The topological polar surface area (TPSA) is 12.9 Å². The van der Waals surface area contributed by atoms with E-state index in [1.165, 1.54) is 12.1 Å². The van der Waals surface area contributed by atoms with Crippen LogP contribution in [0.4, 0.5) is 4.39 Å². The minimum Gasteiger partial charge on any atom is -0.253 e. The number of fused-ring (bicyclic) bond motifs is 1. The summed E-state index contributed by atoms with van der Waals surface area (Å²) < 4.78 is 13.1. The van der Waals surface area contributed by atoms with Crippen LogP contribution in [0.1, 0.15) is 11.3 Å². The molecular weight excluding hydrogens is 201 g/mol. The van der Waals surface area contributed by atoms with E-state index in [2.05, 4.69) is 4.98 Å². The molecule has 0 saturated heterocycles. The molecule has 0 bridgehead atoms. The molecule has 1 heterocycles. The third kappa shape index (κ3) is 1.46. The van der Waals surface area contributed by atoms with Crippen molar-refractivity contribution in [2.75, 3.05) is 0 Å². The van der Waals surface area contributed by atoms with E-state index in [-0.39, 0.29) is 5.82 Å². The van der Waals surface area contributed by atoms with Crippen LogP contribution in [0, 0.1) is 19.7 Å². The van der Waals surface area contributed by atoms with Crippen molar-refractivity contribution in [3.8, 4) is 0 Å². The largest absolute Gasteiger partial charge is 0.253 e. The molecule has 0 unspecified atom stereocenters. The Morgan fingerprint density at radius 1 is 1.21 bits per heavy atom. The maximum atomic E-state index is 13.1. The molecule has 2 aromatic rings. The van der Waals surface area contributed by atoms with Gasteiger partial charge in [0.2, 0.25) is 0 Å². The lowest BCUT2D eigenvalue weighted by atomic mass is 10.1. The summed E-state index contributed by atoms with van der Waals surface area (Å²) in [7, 11) is 0. The second kappa shape index (κ2) is 3.21. The third-order valence-corrected chi connectivity index (χ3v) is 2.46. The number of aromatic nitrogens is 1. The van der Waals surface area contributed by atoms with Crippen LogP contribution in [0.25, 0.3) is 10.9 Å². The Labute approximate surface area is 86.5 Å². The van der Waals surface area contributed by atoms with Crippen molar-refractivity contribution in [2.24, 2.45) is 0 Å². The Kier molecular flexibility index (Phi) is 2.16. The number of hydrogen-bond donors (Lipinski definition) is 0. The van der Waals surface area contributed by atoms with Gasteiger partial charge in [0.25, 0.3) is 0 Å². The highest BCUT2D eigenvalue weighted by Gasteiger charge is 2.06. The van der Waals surface area contributed by atoms with Crippen LogP contribution in [0.2, 0.25) is 5.02 Å². The lowest BCUT2D eigenvalue weighted by Gasteiger charge is -2.05. The van der Waals surface area contributed by atoms with Gasteiger partial charge in [-0.25, -0.2) is 4.39 Å². The van der Waals surface area contributed by atoms with Crippen LogP contribution in [-0.2, 0) is 0 Å². The first kappa shape index (κ1) is 9.41. The third-order valence-electron chi connectivity index (χ3n) is 2.15. The van der Waals surface area contributed by atoms with Gasteiger partial charge in [-0.1, -0.05) is 11.6 Å². The van der Waals surface area contributed by atoms with Crippen LogP contribution >= 0.6 is 11.6 Å². The summed E-state index contributed by atoms with van der Waals surface area (Å²) in [5.41, 5.74) is 2.43. The average Bonchev–Trinajstić information content (AvgIpc) is 2.07. The van der Waals surface area contributed by atoms with E-state index >= 15 is 0 Å². The molecular formula is C11H9ClFN. The molecule has 1 aromatic heterocycles. The lowest BCUT2D eigenvalue weighted by Crippen LogP contribution is -1.89. The fourth-order valence-electron chi connectivity index (χ4n) is 1.54. The Morgan fingerprint density at radius 2 is 1.93 bits per heavy atom. The van der Waals surface area contributed by atoms with Crippen molar-refractivity contribution in [1.29, 1.82) is 0 Å². The zero-order valence-electron chi connectivity index (χ0n) is 7.94. The Balaban J connectivity index is 2.94. The van der Waals surface area contributed by atoms with Crippen molar-refractivity contribution in [1.82, 2.24) is 4.98 Å². The molecule has 3 heteroatoms. The van der Waals surface area contributed by atoms with E-state index in [9.17, 15) is 4.39 Å². The number of benzene rings is 1. The predicted octanol–water partition coefficient (Wildman–Crippen LogP) is 3.64. The van der Waals surface area contributed by atoms with E-state index in [0.717, 1.165) is 16.8 Å². The van der Waals surface area contributed by atoms with Gasteiger partial charge in [0, 0.05) is 11.1 Å². The minimum atomic E-state index is -0.275. The summed E-state index contributed by atoms with van der Waals surface area (Å²) in [4.78, 5) is 4.33. The molecule has 0 aliphatic carbocycles. The van der Waals surface area contributed by atoms with Crippen molar-refractivity contribution in [3.05, 3.63) is 40.3 Å². The molecule has 2 rings (SSSR count). The van der Waals surface area contributed by atoms with Crippen LogP contribution in [0.5, 0.6) is 0 Å². The number of pyridine rings is 1. The number of rotatable bonds is 0. The highest BCUT2D eigenvalue weighted by atomic mass is 35.5. The standard InChI is InChI=1S/C11H9ClFN/c1-6-3-8(13)5-9-10(12)4-7(2)14-11(6)9/h3-5H,1-2H3. The summed E-state index contributed by atoms with van der Waals surface area (Å²) in [5.74, 6) is -0.275. The molecule has 0 saturated carbocycles. The Bertz CT molecular complexity index is 461. The monoisotopic (exact) mass is 209 g/mol. The molecule has 0 radical (unpaired) electrons. The van der Waals surface area contributed by atoms with Crippen LogP contribution in [-0.4, -0.2) is 4.98 Å². The summed E-state index contributed by atoms with van der Waals surface area (Å²) in [6.07, 6.45) is 0. The molecule has 0 fully saturated rings. The number of aryl methyl sites for hydroxylation is 2. The molecule has 14 heavy (non-hydrogen) atoms. The van der Waals surface area contributed by atoms with Gasteiger partial charge in [-0.15, -0.1) is 0 Å². The minimum absolute atomic E-state index is 0.275. The predicted molar refractivity (Wildman–Crippen MR) is 56.2 cm³/mol. The second-order valence-electron chi connectivity index (χ2n) is 3.36. The zero-order chi connectivity index (χ0) is 10.3. The molecule has 0 aliphatic rings. The molecule has 0 atom stereocenters. The van der Waals surface area contributed by atoms with Gasteiger partial charge >= 0.3 is 0 Å². The van der Waals surface area contributed by atoms with Gasteiger partial charge in [-0.05, 0) is 37.6 Å². The second-order valence-corrected chi connectivity index (χ2v) is 3.77. The number of nitrogens with zero attached hydrogens (tertiary/aromatic N) is 1. The number of hydrogen-bond acceptors (Lipinski definition) is 1. The Morgan fingerprint density at radius 3 is 2.64 bits per heavy atom. The summed E-state index contributed by atoms with van der Waals surface area (Å²) >= 11 is 6.00. The van der Waals surface area contributed by atoms with Gasteiger partial charge in [-0.3, -0.25) is 4.98 Å². The highest BCUT2D eigenvalue weighted by Crippen LogP contribution is 2.26. The average molecular weight is 210 g/mol. The van der Waals surface area contributed by atoms with Crippen LogP contribution in [0.3, 0.4) is 0 Å². The van der Waals surface area contributed by atoms with E-state index in [1.54, 1.807) is 6.07 Å². The SMILES string of the molecule is Cc1cc(Cl)c2cc(F)cc(C)c2n1. The van der Waals surface area contributed by atoms with Crippen molar-refractivity contribution in [2.45, 2.75) is 13.8 Å². The van der Waals surface area contributed by atoms with Gasteiger partial charge in [0.15, 0.2) is 0 Å². The smallest absolute Gasteiger partial charge is 0.124 e. The normalized spacial score (nSPS) is 10.9. The van der Waals surface area contributed by atoms with Crippen LogP contribution < -0.4 is 0 Å². The van der Waals surface area contributed by atoms with Crippen LogP contribution in [0.15, 0.2) is 18.2 Å². The maximum absolute atomic E-state index is 13.1. The first-order valence-corrected chi connectivity index (χ1v) is 4.69. The molecule has 0 amide bonds. The van der Waals surface area contributed by atoms with Crippen molar-refractivity contribution < 1.29 is 4.39 Å². The van der Waals surface area contributed by atoms with E-state index in [4.69, 9.17) is 11.6 Å². The summed E-state index contributed by atoms with van der Waals surface area (Å²) in [6.45, 7) is 3.70. The summed E-state index contributed by atoms with van der Waals surface area (Å²) in [6, 6.07) is 4.62. The first-order valence-electron chi connectivity index (χ1n) is 4.31. The molecule has 1 aromatic carbocycles. The van der Waals surface area contributed by atoms with Gasteiger partial charge in [0.05, 0.1) is 10.5 Å². The molecule has 1 nitrogen and oxygen atoms in total. The van der Waals surface area contributed by atoms with E-state index in [1.807, 2.05) is 13.8 Å². The van der Waals surface area contributed by atoms with Gasteiger partial charge < -0.3 is 0 Å². The molecule has 0 aliphatic heterocycles. The molecule has 72 valence electrons. The maximum Gasteiger partial charge on any atom is 0.124 e. The molecule has 0 N–H and O–H groups in total. The fourth-order valence-corrected chi connectivity index (χ4v) is 1.84. The van der Waals surface area contributed by atoms with Crippen molar-refractivity contribution in [3.63, 3.8) is 0 Å². The van der Waals surface area contributed by atoms with E-state index < -0.39 is 0 Å². The Hall–Kier alpha value is -1.15. The first-order chi connectivity index (χ1) is 6.58. The van der Waals surface area contributed by atoms with Gasteiger partial charge in [-0.2, -0.15) is 0 Å². The lowest BCUT2D eigenvalue weighted by molar-refractivity contribution is 0.628. The quantitative estimate of drug-likeness (QED) is 0.646. The summed E-state index contributed by atoms with van der Waals surface area (Å²) in [5, 5.41) is 1.23. The van der Waals surface area contributed by atoms with E-state index in [0.29, 0.717) is 10.4 Å². The van der Waals surface area contributed by atoms with Gasteiger partial charge in [0.1, 0.15) is 5.82 Å². The van der Waals surface area contributed by atoms with Crippen molar-refractivity contribution >= 4 is 22.5 Å². The molecule has 0 spiro atoms.